The van der Waals surface area contributed by atoms with Crippen LogP contribution in [0.1, 0.15) is 0 Å². The standard InChI is InChI=1S/C11H6F2N4/c12-9-2-1-7(3-10(9)13)8-4-15-11(16-5-8)17-6-14/h1-5H,(H,15,16,17). The van der Waals surface area contributed by atoms with Gasteiger partial charge < -0.3 is 0 Å². The number of rotatable bonds is 2. The first-order chi connectivity index (χ1) is 8.20. The van der Waals surface area contributed by atoms with Crippen LogP contribution in [0, 0.1) is 23.1 Å². The molecule has 0 radical (unpaired) electrons. The van der Waals surface area contributed by atoms with Gasteiger partial charge >= 0.3 is 0 Å². The minimum atomic E-state index is -0.929. The minimum absolute atomic E-state index is 0.152. The lowest BCUT2D eigenvalue weighted by Crippen LogP contribution is -1.95. The van der Waals surface area contributed by atoms with Gasteiger partial charge in [-0.1, -0.05) is 6.07 Å². The molecule has 4 nitrogen and oxygen atoms in total. The third kappa shape index (κ3) is 2.34. The zero-order valence-corrected chi connectivity index (χ0v) is 8.48. The number of nitrogens with one attached hydrogen (secondary N) is 1. The number of anilines is 1. The monoisotopic (exact) mass is 232 g/mol. The maximum absolute atomic E-state index is 13.0. The van der Waals surface area contributed by atoms with Crippen molar-refractivity contribution in [2.45, 2.75) is 0 Å². The van der Waals surface area contributed by atoms with Crippen LogP contribution in [0.4, 0.5) is 14.7 Å². The smallest absolute Gasteiger partial charge is 0.236 e. The van der Waals surface area contributed by atoms with Crippen molar-refractivity contribution in [3.63, 3.8) is 0 Å². The Bertz CT molecular complexity index is 575. The lowest BCUT2D eigenvalue weighted by molar-refractivity contribution is 0.509. The maximum atomic E-state index is 13.0. The summed E-state index contributed by atoms with van der Waals surface area (Å²) in [6, 6.07) is 3.52. The predicted octanol–water partition coefficient (Wildman–Crippen LogP) is 2.31. The van der Waals surface area contributed by atoms with Crippen molar-refractivity contribution >= 4 is 5.95 Å². The van der Waals surface area contributed by atoms with Crippen molar-refractivity contribution in [2.75, 3.05) is 5.32 Å². The normalized spacial score (nSPS) is 9.71. The summed E-state index contributed by atoms with van der Waals surface area (Å²) in [6.07, 6.45) is 4.51. The van der Waals surface area contributed by atoms with Gasteiger partial charge in [0.05, 0.1) is 0 Å². The fourth-order valence-corrected chi connectivity index (χ4v) is 1.27. The molecular weight excluding hydrogens is 226 g/mol. The van der Waals surface area contributed by atoms with Crippen molar-refractivity contribution in [1.82, 2.24) is 9.97 Å². The van der Waals surface area contributed by atoms with Crippen LogP contribution in [0.2, 0.25) is 0 Å². The van der Waals surface area contributed by atoms with E-state index >= 15 is 0 Å². The third-order valence-electron chi connectivity index (χ3n) is 2.07. The van der Waals surface area contributed by atoms with E-state index in [1.807, 2.05) is 0 Å². The Labute approximate surface area is 95.6 Å². The molecule has 0 spiro atoms. The summed E-state index contributed by atoms with van der Waals surface area (Å²) in [4.78, 5) is 7.67. The summed E-state index contributed by atoms with van der Waals surface area (Å²) in [5.74, 6) is -1.68. The molecule has 0 aliphatic carbocycles. The molecule has 0 bridgehead atoms. The van der Waals surface area contributed by atoms with Gasteiger partial charge in [0, 0.05) is 18.0 Å². The lowest BCUT2D eigenvalue weighted by atomic mass is 10.1. The molecule has 1 heterocycles. The van der Waals surface area contributed by atoms with Crippen LogP contribution in [0.15, 0.2) is 30.6 Å². The molecule has 1 aromatic heterocycles. The Balaban J connectivity index is 2.33. The van der Waals surface area contributed by atoms with Gasteiger partial charge in [-0.05, 0) is 17.7 Å². The van der Waals surface area contributed by atoms with Gasteiger partial charge in [-0.25, -0.2) is 18.7 Å². The van der Waals surface area contributed by atoms with E-state index in [1.54, 1.807) is 6.19 Å². The van der Waals surface area contributed by atoms with E-state index in [0.29, 0.717) is 11.1 Å². The fraction of sp³-hybridized carbons (Fsp3) is 0. The number of benzene rings is 1. The SMILES string of the molecule is N#CNc1ncc(-c2ccc(F)c(F)c2)cn1. The quantitative estimate of drug-likeness (QED) is 0.637. The number of hydrogen-bond acceptors (Lipinski definition) is 4. The van der Waals surface area contributed by atoms with Crippen molar-refractivity contribution in [3.05, 3.63) is 42.2 Å². The lowest BCUT2D eigenvalue weighted by Gasteiger charge is -2.02. The van der Waals surface area contributed by atoms with Crippen LogP contribution >= 0.6 is 0 Å². The van der Waals surface area contributed by atoms with Gasteiger partial charge in [-0.2, -0.15) is 5.26 Å². The molecule has 1 aromatic carbocycles. The average molecular weight is 232 g/mol. The highest BCUT2D eigenvalue weighted by Gasteiger charge is 2.05. The zero-order chi connectivity index (χ0) is 12.3. The Morgan fingerprint density at radius 1 is 1.06 bits per heavy atom. The minimum Gasteiger partial charge on any atom is -0.261 e. The van der Waals surface area contributed by atoms with Gasteiger partial charge in [0.25, 0.3) is 0 Å². The third-order valence-corrected chi connectivity index (χ3v) is 2.07. The van der Waals surface area contributed by atoms with Crippen molar-refractivity contribution in [2.24, 2.45) is 0 Å². The Kier molecular flexibility index (Phi) is 2.92. The summed E-state index contributed by atoms with van der Waals surface area (Å²) in [7, 11) is 0. The van der Waals surface area contributed by atoms with E-state index in [2.05, 4.69) is 15.3 Å². The first-order valence-corrected chi connectivity index (χ1v) is 4.63. The Morgan fingerprint density at radius 3 is 2.35 bits per heavy atom. The Hall–Kier alpha value is -2.55. The number of hydrogen-bond donors (Lipinski definition) is 1. The van der Waals surface area contributed by atoms with E-state index in [1.165, 1.54) is 18.5 Å². The van der Waals surface area contributed by atoms with E-state index in [-0.39, 0.29) is 5.95 Å². The van der Waals surface area contributed by atoms with Crippen LogP contribution < -0.4 is 5.32 Å². The van der Waals surface area contributed by atoms with Crippen LogP contribution in [0.3, 0.4) is 0 Å². The van der Waals surface area contributed by atoms with Gasteiger partial charge in [0.15, 0.2) is 17.8 Å². The summed E-state index contributed by atoms with van der Waals surface area (Å²) >= 11 is 0. The first-order valence-electron chi connectivity index (χ1n) is 4.63. The molecule has 17 heavy (non-hydrogen) atoms. The molecule has 0 amide bonds. The fourth-order valence-electron chi connectivity index (χ4n) is 1.27. The molecule has 0 unspecified atom stereocenters. The van der Waals surface area contributed by atoms with Crippen LogP contribution in [0.25, 0.3) is 11.1 Å². The predicted molar refractivity (Wildman–Crippen MR) is 56.6 cm³/mol. The van der Waals surface area contributed by atoms with Crippen molar-refractivity contribution in [1.29, 1.82) is 5.26 Å². The second kappa shape index (κ2) is 4.53. The highest BCUT2D eigenvalue weighted by atomic mass is 19.2. The van der Waals surface area contributed by atoms with Gasteiger partial charge in [0.2, 0.25) is 5.95 Å². The summed E-state index contributed by atoms with van der Waals surface area (Å²) < 4.78 is 25.7. The molecule has 2 aromatic rings. The molecule has 0 saturated heterocycles. The molecule has 2 rings (SSSR count). The van der Waals surface area contributed by atoms with E-state index in [0.717, 1.165) is 12.1 Å². The average Bonchev–Trinajstić information content (AvgIpc) is 2.34. The van der Waals surface area contributed by atoms with Crippen molar-refractivity contribution < 1.29 is 8.78 Å². The molecule has 0 saturated carbocycles. The molecule has 84 valence electrons. The van der Waals surface area contributed by atoms with Gasteiger partial charge in [-0.3, -0.25) is 5.32 Å². The number of nitrogens with zero attached hydrogens (tertiary/aromatic N) is 3. The molecule has 6 heteroatoms. The molecule has 0 aliphatic heterocycles. The van der Waals surface area contributed by atoms with Crippen LogP contribution in [0.5, 0.6) is 0 Å². The second-order valence-corrected chi connectivity index (χ2v) is 3.16. The van der Waals surface area contributed by atoms with E-state index in [9.17, 15) is 8.78 Å². The zero-order valence-electron chi connectivity index (χ0n) is 8.48. The molecule has 1 N–H and O–H groups in total. The highest BCUT2D eigenvalue weighted by molar-refractivity contribution is 5.62. The molecular formula is C11H6F2N4. The maximum Gasteiger partial charge on any atom is 0.236 e. The summed E-state index contributed by atoms with van der Waals surface area (Å²) in [5.41, 5.74) is 1.000. The topological polar surface area (TPSA) is 61.6 Å². The van der Waals surface area contributed by atoms with Gasteiger partial charge in [0.1, 0.15) is 0 Å². The summed E-state index contributed by atoms with van der Waals surface area (Å²) in [6.45, 7) is 0. The molecule has 0 fully saturated rings. The Morgan fingerprint density at radius 2 is 1.76 bits per heavy atom. The van der Waals surface area contributed by atoms with Crippen molar-refractivity contribution in [3.8, 4) is 17.3 Å². The van der Waals surface area contributed by atoms with Crippen LogP contribution in [-0.4, -0.2) is 9.97 Å². The van der Waals surface area contributed by atoms with E-state index < -0.39 is 11.6 Å². The first kappa shape index (κ1) is 11.0. The van der Waals surface area contributed by atoms with Crippen LogP contribution in [-0.2, 0) is 0 Å². The van der Waals surface area contributed by atoms with E-state index in [4.69, 9.17) is 5.26 Å². The number of aromatic nitrogens is 2. The number of halogens is 2. The molecule has 0 atom stereocenters. The highest BCUT2D eigenvalue weighted by Crippen LogP contribution is 2.20. The second-order valence-electron chi connectivity index (χ2n) is 3.16. The number of nitriles is 1. The molecule has 0 aliphatic rings. The largest absolute Gasteiger partial charge is 0.261 e. The summed E-state index contributed by atoms with van der Waals surface area (Å²) in [5, 5.41) is 10.6. The van der Waals surface area contributed by atoms with Gasteiger partial charge in [-0.15, -0.1) is 0 Å².